The quantitative estimate of drug-likeness (QED) is 0.672. The van der Waals surface area contributed by atoms with E-state index in [-0.39, 0.29) is 11.9 Å². The molecule has 0 saturated carbocycles. The van der Waals surface area contributed by atoms with Crippen molar-refractivity contribution >= 4 is 5.91 Å². The summed E-state index contributed by atoms with van der Waals surface area (Å²) in [5.41, 5.74) is 7.42. The van der Waals surface area contributed by atoms with Gasteiger partial charge in [0, 0.05) is 18.7 Å². The van der Waals surface area contributed by atoms with Crippen LogP contribution in [0.1, 0.15) is 27.7 Å². The smallest absolute Gasteiger partial charge is 0.383 e. The fourth-order valence-electron chi connectivity index (χ4n) is 3.17. The van der Waals surface area contributed by atoms with Gasteiger partial charge in [0.2, 0.25) is 6.23 Å². The third-order valence-electron chi connectivity index (χ3n) is 4.75. The number of nitrogens with zero attached hydrogens (tertiary/aromatic N) is 2. The number of halogens is 3. The van der Waals surface area contributed by atoms with Crippen molar-refractivity contribution in [1.29, 1.82) is 0 Å². The number of carbonyl (C=O) groups excluding carboxylic acids is 1. The van der Waals surface area contributed by atoms with Crippen molar-refractivity contribution in [2.45, 2.75) is 31.2 Å². The Hall–Kier alpha value is -2.36. The van der Waals surface area contributed by atoms with E-state index in [1.165, 1.54) is 6.07 Å². The summed E-state index contributed by atoms with van der Waals surface area (Å²) in [4.78, 5) is 15.0. The van der Waals surface area contributed by atoms with Crippen LogP contribution in [0.25, 0.3) is 0 Å². The van der Waals surface area contributed by atoms with Crippen molar-refractivity contribution in [3.63, 3.8) is 0 Å². The number of dihydropyridines is 1. The first-order chi connectivity index (χ1) is 12.7. The number of nitrogens with one attached hydrogen (secondary N) is 1. The van der Waals surface area contributed by atoms with Crippen molar-refractivity contribution in [2.24, 2.45) is 5.73 Å². The van der Waals surface area contributed by atoms with Crippen LogP contribution in [-0.2, 0) is 6.54 Å². The highest BCUT2D eigenvalue weighted by atomic mass is 19.4. The van der Waals surface area contributed by atoms with Crippen LogP contribution in [0.2, 0.25) is 0 Å². The SMILES string of the molecule is CN(C(N)c1ccc2c(c1)C(=O)N(CC1C=CC=CN1)C2)C(O)C(F)(F)F. The van der Waals surface area contributed by atoms with Crippen LogP contribution in [0.3, 0.4) is 0 Å². The van der Waals surface area contributed by atoms with Gasteiger partial charge in [0.05, 0.1) is 12.2 Å². The lowest BCUT2D eigenvalue weighted by atomic mass is 10.0. The number of hydrogen-bond donors (Lipinski definition) is 3. The Bertz CT molecular complexity index is 778. The van der Waals surface area contributed by atoms with Crippen molar-refractivity contribution in [2.75, 3.05) is 13.6 Å². The van der Waals surface area contributed by atoms with Crippen LogP contribution in [0.15, 0.2) is 42.6 Å². The van der Waals surface area contributed by atoms with Gasteiger partial charge in [-0.3, -0.25) is 9.69 Å². The summed E-state index contributed by atoms with van der Waals surface area (Å²) >= 11 is 0. The Morgan fingerprint density at radius 2 is 2.15 bits per heavy atom. The number of rotatable bonds is 5. The Morgan fingerprint density at radius 3 is 2.78 bits per heavy atom. The fourth-order valence-corrected chi connectivity index (χ4v) is 3.17. The first-order valence-corrected chi connectivity index (χ1v) is 8.42. The zero-order valence-electron chi connectivity index (χ0n) is 14.6. The molecule has 0 bridgehead atoms. The van der Waals surface area contributed by atoms with Gasteiger partial charge in [-0.25, -0.2) is 0 Å². The summed E-state index contributed by atoms with van der Waals surface area (Å²) in [6.07, 6.45) is -1.20. The molecule has 9 heteroatoms. The first kappa shape index (κ1) is 19.4. The van der Waals surface area contributed by atoms with Gasteiger partial charge in [-0.05, 0) is 36.5 Å². The molecular formula is C18H21F3N4O2. The van der Waals surface area contributed by atoms with E-state index in [1.54, 1.807) is 23.2 Å². The molecule has 0 aliphatic carbocycles. The summed E-state index contributed by atoms with van der Waals surface area (Å²) in [5.74, 6) is -0.192. The highest BCUT2D eigenvalue weighted by molar-refractivity contribution is 5.98. The second-order valence-corrected chi connectivity index (χ2v) is 6.65. The number of fused-ring (bicyclic) bond motifs is 1. The van der Waals surface area contributed by atoms with Crippen molar-refractivity contribution in [3.8, 4) is 0 Å². The minimum atomic E-state index is -4.81. The molecule has 6 nitrogen and oxygen atoms in total. The fraction of sp³-hybridized carbons (Fsp3) is 0.389. The predicted molar refractivity (Wildman–Crippen MR) is 93.1 cm³/mol. The molecule has 1 aromatic carbocycles. The lowest BCUT2D eigenvalue weighted by Crippen LogP contribution is -2.47. The molecule has 0 saturated heterocycles. The number of allylic oxidation sites excluding steroid dienone is 2. The number of nitrogens with two attached hydrogens (primary N) is 1. The van der Waals surface area contributed by atoms with Gasteiger partial charge in [-0.2, -0.15) is 13.2 Å². The lowest BCUT2D eigenvalue weighted by Gasteiger charge is -2.30. The number of alkyl halides is 3. The average Bonchev–Trinajstić information content (AvgIpc) is 2.95. The molecule has 0 spiro atoms. The number of amides is 1. The summed E-state index contributed by atoms with van der Waals surface area (Å²) < 4.78 is 38.1. The minimum Gasteiger partial charge on any atom is -0.383 e. The molecule has 27 heavy (non-hydrogen) atoms. The molecule has 1 amide bonds. The maximum Gasteiger partial charge on any atom is 0.428 e. The van der Waals surface area contributed by atoms with Crippen LogP contribution in [-0.4, -0.2) is 52.9 Å². The maximum absolute atomic E-state index is 12.7. The van der Waals surface area contributed by atoms with E-state index >= 15 is 0 Å². The predicted octanol–water partition coefficient (Wildman–Crippen LogP) is 1.45. The highest BCUT2D eigenvalue weighted by Gasteiger charge is 2.43. The van der Waals surface area contributed by atoms with Gasteiger partial charge >= 0.3 is 6.18 Å². The van der Waals surface area contributed by atoms with E-state index in [0.717, 1.165) is 12.6 Å². The van der Waals surface area contributed by atoms with Crippen LogP contribution in [0.4, 0.5) is 13.2 Å². The molecule has 0 radical (unpaired) electrons. The molecule has 0 aromatic heterocycles. The summed E-state index contributed by atoms with van der Waals surface area (Å²) in [5, 5.41) is 12.5. The summed E-state index contributed by atoms with van der Waals surface area (Å²) in [6, 6.07) is 4.79. The van der Waals surface area contributed by atoms with Gasteiger partial charge in [0.1, 0.15) is 0 Å². The number of aliphatic hydroxyl groups excluding tert-OH is 1. The van der Waals surface area contributed by atoms with Gasteiger partial charge in [-0.1, -0.05) is 24.3 Å². The molecule has 3 rings (SSSR count). The molecular weight excluding hydrogens is 361 g/mol. The Morgan fingerprint density at radius 1 is 1.41 bits per heavy atom. The van der Waals surface area contributed by atoms with E-state index < -0.39 is 18.6 Å². The van der Waals surface area contributed by atoms with Crippen LogP contribution in [0, 0.1) is 0 Å². The molecule has 1 aromatic rings. The lowest BCUT2D eigenvalue weighted by molar-refractivity contribution is -0.252. The third kappa shape index (κ3) is 4.00. The average molecular weight is 382 g/mol. The molecule has 2 aliphatic rings. The monoisotopic (exact) mass is 382 g/mol. The molecule has 0 fully saturated rings. The molecule has 3 atom stereocenters. The highest BCUT2D eigenvalue weighted by Crippen LogP contribution is 2.30. The molecule has 2 aliphatic heterocycles. The van der Waals surface area contributed by atoms with E-state index in [2.05, 4.69) is 5.32 Å². The zero-order chi connectivity index (χ0) is 19.8. The minimum absolute atomic E-state index is 0.00283. The maximum atomic E-state index is 12.7. The second-order valence-electron chi connectivity index (χ2n) is 6.65. The number of hydrogen-bond acceptors (Lipinski definition) is 5. The standard InChI is InChI=1S/C18H21F3N4O2/c1-24(17(27)18(19,20)21)15(22)11-5-6-12-9-25(16(26)14(12)8-11)10-13-4-2-3-7-23-13/h2-8,13,15,17,23,27H,9-10,22H2,1H3. The largest absolute Gasteiger partial charge is 0.428 e. The van der Waals surface area contributed by atoms with Crippen LogP contribution in [0.5, 0.6) is 0 Å². The Balaban J connectivity index is 1.74. The van der Waals surface area contributed by atoms with Crippen LogP contribution < -0.4 is 11.1 Å². The van der Waals surface area contributed by atoms with Crippen molar-refractivity contribution in [1.82, 2.24) is 15.1 Å². The zero-order valence-corrected chi connectivity index (χ0v) is 14.6. The summed E-state index contributed by atoms with van der Waals surface area (Å²) in [7, 11) is 1.08. The normalized spacial score (nSPS) is 21.4. The van der Waals surface area contributed by atoms with Crippen molar-refractivity contribution < 1.29 is 23.1 Å². The summed E-state index contributed by atoms with van der Waals surface area (Å²) in [6.45, 7) is 0.906. The van der Waals surface area contributed by atoms with Gasteiger partial charge in [0.25, 0.3) is 5.91 Å². The van der Waals surface area contributed by atoms with E-state index in [9.17, 15) is 23.1 Å². The molecule has 146 valence electrons. The number of carbonyl (C=O) groups is 1. The van der Waals surface area contributed by atoms with Gasteiger partial charge in [0.15, 0.2) is 0 Å². The van der Waals surface area contributed by atoms with E-state index in [4.69, 9.17) is 5.73 Å². The number of benzene rings is 1. The Kier molecular flexibility index (Phi) is 5.27. The first-order valence-electron chi connectivity index (χ1n) is 8.42. The van der Waals surface area contributed by atoms with Crippen molar-refractivity contribution in [3.05, 3.63) is 59.3 Å². The molecule has 2 heterocycles. The van der Waals surface area contributed by atoms with Gasteiger partial charge < -0.3 is 21.1 Å². The third-order valence-corrected chi connectivity index (χ3v) is 4.75. The molecule has 4 N–H and O–H groups in total. The number of aliphatic hydroxyl groups is 1. The second kappa shape index (κ2) is 7.34. The van der Waals surface area contributed by atoms with E-state index in [0.29, 0.717) is 29.1 Å². The van der Waals surface area contributed by atoms with Gasteiger partial charge in [-0.15, -0.1) is 0 Å². The Labute approximate surface area is 154 Å². The molecule has 3 unspecified atom stereocenters. The van der Waals surface area contributed by atoms with E-state index in [1.807, 2.05) is 18.2 Å². The topological polar surface area (TPSA) is 81.8 Å². The van der Waals surface area contributed by atoms with Crippen LogP contribution >= 0.6 is 0 Å².